The van der Waals surface area contributed by atoms with E-state index in [1.807, 2.05) is 6.07 Å². The van der Waals surface area contributed by atoms with Crippen molar-refractivity contribution in [2.45, 2.75) is 31.9 Å². The summed E-state index contributed by atoms with van der Waals surface area (Å²) in [5.41, 5.74) is 6.56. The third-order valence-corrected chi connectivity index (χ3v) is 3.95. The van der Waals surface area contributed by atoms with Gasteiger partial charge in [-0.05, 0) is 49.4 Å². The molecule has 104 valence electrons. The molecule has 1 aromatic carbocycles. The molecule has 1 saturated carbocycles. The first-order valence-electron chi connectivity index (χ1n) is 6.53. The fourth-order valence-electron chi connectivity index (χ4n) is 2.49. The van der Waals surface area contributed by atoms with Crippen molar-refractivity contribution < 1.29 is 9.90 Å². The lowest BCUT2D eigenvalue weighted by atomic mass is 10.1. The van der Waals surface area contributed by atoms with E-state index < -0.39 is 5.91 Å². The number of primary amides is 1. The van der Waals surface area contributed by atoms with E-state index in [0.29, 0.717) is 23.0 Å². The van der Waals surface area contributed by atoms with Crippen LogP contribution in [0.2, 0.25) is 5.02 Å². The van der Waals surface area contributed by atoms with E-state index in [1.165, 1.54) is 0 Å². The highest BCUT2D eigenvalue weighted by atomic mass is 35.5. The lowest BCUT2D eigenvalue weighted by molar-refractivity contribution is 0.1000. The Bertz CT molecular complexity index is 465. The van der Waals surface area contributed by atoms with Crippen LogP contribution in [0.25, 0.3) is 0 Å². The molecule has 0 spiro atoms. The Labute approximate surface area is 117 Å². The van der Waals surface area contributed by atoms with Crippen molar-refractivity contribution in [2.24, 2.45) is 11.7 Å². The van der Waals surface area contributed by atoms with E-state index >= 15 is 0 Å². The zero-order chi connectivity index (χ0) is 13.8. The monoisotopic (exact) mass is 282 g/mol. The Morgan fingerprint density at radius 3 is 2.84 bits per heavy atom. The molecule has 1 aliphatic carbocycles. The molecule has 0 radical (unpaired) electrons. The summed E-state index contributed by atoms with van der Waals surface area (Å²) in [6.07, 6.45) is 2.72. The van der Waals surface area contributed by atoms with Crippen molar-refractivity contribution in [3.8, 4) is 0 Å². The fraction of sp³-hybridized carbons (Fsp3) is 0.500. The number of aliphatic hydroxyl groups excluding tert-OH is 1. The number of nitrogens with one attached hydrogen (secondary N) is 1. The fourth-order valence-corrected chi connectivity index (χ4v) is 2.74. The number of rotatable bonds is 5. The molecule has 19 heavy (non-hydrogen) atoms. The van der Waals surface area contributed by atoms with E-state index in [9.17, 15) is 9.90 Å². The first kappa shape index (κ1) is 14.3. The molecule has 1 aliphatic rings. The van der Waals surface area contributed by atoms with Gasteiger partial charge in [-0.1, -0.05) is 17.7 Å². The van der Waals surface area contributed by atoms with E-state index in [-0.39, 0.29) is 6.10 Å². The quantitative estimate of drug-likeness (QED) is 0.769. The molecular weight excluding hydrogens is 264 g/mol. The summed E-state index contributed by atoms with van der Waals surface area (Å²) < 4.78 is 0. The average molecular weight is 283 g/mol. The molecule has 0 aromatic heterocycles. The van der Waals surface area contributed by atoms with Crippen LogP contribution < -0.4 is 11.1 Å². The van der Waals surface area contributed by atoms with Gasteiger partial charge in [0, 0.05) is 17.1 Å². The first-order chi connectivity index (χ1) is 9.06. The van der Waals surface area contributed by atoms with Gasteiger partial charge >= 0.3 is 0 Å². The predicted molar refractivity (Wildman–Crippen MR) is 75.0 cm³/mol. The van der Waals surface area contributed by atoms with Crippen molar-refractivity contribution in [3.05, 3.63) is 34.3 Å². The second kappa shape index (κ2) is 6.37. The maximum Gasteiger partial charge on any atom is 0.248 e. The lowest BCUT2D eigenvalue weighted by Gasteiger charge is -2.12. The van der Waals surface area contributed by atoms with Crippen molar-refractivity contribution >= 4 is 17.5 Å². The number of aliphatic hydroxyl groups is 1. The summed E-state index contributed by atoms with van der Waals surface area (Å²) in [6.45, 7) is 1.54. The second-order valence-corrected chi connectivity index (χ2v) is 5.54. The summed E-state index contributed by atoms with van der Waals surface area (Å²) in [5.74, 6) is 0.0695. The normalized spacial score (nSPS) is 22.6. The van der Waals surface area contributed by atoms with Gasteiger partial charge in [-0.3, -0.25) is 4.79 Å². The molecular formula is C14H19ClN2O2. The molecule has 5 heteroatoms. The number of nitrogens with two attached hydrogens (primary N) is 1. The van der Waals surface area contributed by atoms with Gasteiger partial charge in [0.1, 0.15) is 0 Å². The van der Waals surface area contributed by atoms with Gasteiger partial charge in [0.05, 0.1) is 6.10 Å². The van der Waals surface area contributed by atoms with E-state index in [1.54, 1.807) is 12.1 Å². The van der Waals surface area contributed by atoms with Crippen molar-refractivity contribution in [1.82, 2.24) is 5.32 Å². The zero-order valence-electron chi connectivity index (χ0n) is 10.7. The number of carbonyl (C=O) groups is 1. The van der Waals surface area contributed by atoms with Gasteiger partial charge < -0.3 is 16.2 Å². The predicted octanol–water partition coefficient (Wildman–Crippen LogP) is 1.69. The lowest BCUT2D eigenvalue weighted by Crippen LogP contribution is -2.21. The number of benzene rings is 1. The number of hydrogen-bond acceptors (Lipinski definition) is 3. The van der Waals surface area contributed by atoms with E-state index in [0.717, 1.165) is 31.4 Å². The molecule has 1 fully saturated rings. The second-order valence-electron chi connectivity index (χ2n) is 5.13. The number of halogens is 1. The van der Waals surface area contributed by atoms with Crippen LogP contribution in [0.3, 0.4) is 0 Å². The minimum Gasteiger partial charge on any atom is -0.393 e. The summed E-state index contributed by atoms with van der Waals surface area (Å²) in [7, 11) is 0. The Morgan fingerprint density at radius 1 is 1.47 bits per heavy atom. The summed E-state index contributed by atoms with van der Waals surface area (Å²) in [4.78, 5) is 11.0. The van der Waals surface area contributed by atoms with Gasteiger partial charge in [-0.15, -0.1) is 0 Å². The smallest absolute Gasteiger partial charge is 0.248 e. The van der Waals surface area contributed by atoms with E-state index in [2.05, 4.69) is 5.32 Å². The minimum atomic E-state index is -0.471. The average Bonchev–Trinajstić information content (AvgIpc) is 2.77. The highest BCUT2D eigenvalue weighted by Crippen LogP contribution is 2.25. The SMILES string of the molecule is NC(=O)c1ccc(CNCC2CCC(O)C2)c(Cl)c1. The topological polar surface area (TPSA) is 75.4 Å². The van der Waals surface area contributed by atoms with Crippen molar-refractivity contribution in [2.75, 3.05) is 6.54 Å². The van der Waals surface area contributed by atoms with Crippen LogP contribution in [-0.4, -0.2) is 23.7 Å². The van der Waals surface area contributed by atoms with Gasteiger partial charge in [0.25, 0.3) is 0 Å². The van der Waals surface area contributed by atoms with Gasteiger partial charge in [-0.2, -0.15) is 0 Å². The zero-order valence-corrected chi connectivity index (χ0v) is 11.5. The summed E-state index contributed by atoms with van der Waals surface area (Å²) in [6, 6.07) is 5.10. The van der Waals surface area contributed by atoms with Gasteiger partial charge in [0.15, 0.2) is 0 Å². The largest absolute Gasteiger partial charge is 0.393 e. The highest BCUT2D eigenvalue weighted by Gasteiger charge is 2.22. The molecule has 0 aliphatic heterocycles. The first-order valence-corrected chi connectivity index (χ1v) is 6.91. The number of carbonyl (C=O) groups excluding carboxylic acids is 1. The standard InChI is InChI=1S/C14H19ClN2O2/c15-13-6-10(14(16)19)2-3-11(13)8-17-7-9-1-4-12(18)5-9/h2-3,6,9,12,17-18H,1,4-5,7-8H2,(H2,16,19). The van der Waals surface area contributed by atoms with Crippen LogP contribution in [0.15, 0.2) is 18.2 Å². The van der Waals surface area contributed by atoms with Gasteiger partial charge in [-0.25, -0.2) is 0 Å². The molecule has 2 unspecified atom stereocenters. The van der Waals surface area contributed by atoms with Crippen LogP contribution in [-0.2, 0) is 6.54 Å². The van der Waals surface area contributed by atoms with Crippen LogP contribution >= 0.6 is 11.6 Å². The Hall–Kier alpha value is -1.10. The third-order valence-electron chi connectivity index (χ3n) is 3.60. The molecule has 0 bridgehead atoms. The number of hydrogen-bond donors (Lipinski definition) is 3. The van der Waals surface area contributed by atoms with Crippen LogP contribution in [0.5, 0.6) is 0 Å². The molecule has 0 heterocycles. The molecule has 4 N–H and O–H groups in total. The van der Waals surface area contributed by atoms with Gasteiger partial charge in [0.2, 0.25) is 5.91 Å². The Kier molecular flexibility index (Phi) is 4.80. The maximum atomic E-state index is 11.0. The molecule has 2 atom stereocenters. The van der Waals surface area contributed by atoms with E-state index in [4.69, 9.17) is 17.3 Å². The molecule has 4 nitrogen and oxygen atoms in total. The highest BCUT2D eigenvalue weighted by molar-refractivity contribution is 6.31. The minimum absolute atomic E-state index is 0.134. The molecule has 1 aromatic rings. The Morgan fingerprint density at radius 2 is 2.26 bits per heavy atom. The molecule has 0 saturated heterocycles. The molecule has 1 amide bonds. The molecule has 2 rings (SSSR count). The maximum absolute atomic E-state index is 11.0. The van der Waals surface area contributed by atoms with Crippen LogP contribution in [0.4, 0.5) is 0 Å². The number of amides is 1. The van der Waals surface area contributed by atoms with Crippen LogP contribution in [0.1, 0.15) is 35.2 Å². The Balaban J connectivity index is 1.84. The third kappa shape index (κ3) is 3.93. The summed E-state index contributed by atoms with van der Waals surface area (Å²) in [5, 5.41) is 13.3. The van der Waals surface area contributed by atoms with Crippen molar-refractivity contribution in [3.63, 3.8) is 0 Å². The van der Waals surface area contributed by atoms with Crippen LogP contribution in [0, 0.1) is 5.92 Å². The van der Waals surface area contributed by atoms with Crippen molar-refractivity contribution in [1.29, 1.82) is 0 Å². The summed E-state index contributed by atoms with van der Waals surface area (Å²) >= 11 is 6.10.